The number of fused-ring (bicyclic) bond motifs is 1. The topological polar surface area (TPSA) is 116 Å². The van der Waals surface area contributed by atoms with Crippen LogP contribution in [-0.2, 0) is 31.0 Å². The summed E-state index contributed by atoms with van der Waals surface area (Å²) in [5.41, 5.74) is 4.43. The molecule has 10 nitrogen and oxygen atoms in total. The molecule has 2 N–H and O–H groups in total. The van der Waals surface area contributed by atoms with Crippen LogP contribution in [0.4, 0.5) is 10.5 Å². The molecule has 282 valence electrons. The lowest BCUT2D eigenvalue weighted by Crippen LogP contribution is -2.47. The van der Waals surface area contributed by atoms with E-state index >= 15 is 0 Å². The molecular weight excluding hydrogens is 677 g/mol. The summed E-state index contributed by atoms with van der Waals surface area (Å²) in [6.45, 7) is 14.2. The smallest absolute Gasteiger partial charge is 0.407 e. The first-order valence-electron chi connectivity index (χ1n) is 18.4. The first kappa shape index (κ1) is 39.3. The fourth-order valence-corrected chi connectivity index (χ4v) is 7.74. The van der Waals surface area contributed by atoms with Crippen LogP contribution in [0, 0.1) is 0 Å². The fourth-order valence-electron chi connectivity index (χ4n) is 6.98. The number of amides is 2. The molecule has 3 atom stereocenters. The van der Waals surface area contributed by atoms with Crippen LogP contribution < -0.4 is 14.8 Å². The van der Waals surface area contributed by atoms with Gasteiger partial charge in [0.15, 0.2) is 0 Å². The predicted molar refractivity (Wildman–Crippen MR) is 205 cm³/mol. The Hall–Kier alpha value is -3.90. The maximum atomic E-state index is 12.9. The number of carbonyl (C=O) groups excluding carboxylic acids is 1. The lowest BCUT2D eigenvalue weighted by molar-refractivity contribution is -0.117. The second-order valence-electron chi connectivity index (χ2n) is 15.7. The minimum atomic E-state index is -1.33. The Balaban J connectivity index is 1.28. The largest absolute Gasteiger partial charge is 0.496 e. The Morgan fingerprint density at radius 2 is 1.77 bits per heavy atom. The van der Waals surface area contributed by atoms with E-state index in [2.05, 4.69) is 57.0 Å². The number of benzene rings is 3. The molecule has 0 bridgehead atoms. The molecule has 11 heteroatoms. The summed E-state index contributed by atoms with van der Waals surface area (Å²) in [7, 11) is 0.328. The van der Waals surface area contributed by atoms with Crippen LogP contribution in [-0.4, -0.2) is 82.8 Å². The molecule has 1 fully saturated rings. The van der Waals surface area contributed by atoms with Gasteiger partial charge >= 0.3 is 6.09 Å². The number of likely N-dealkylation sites (tertiary alicyclic amines) is 1. The molecule has 0 radical (unpaired) electrons. The zero-order valence-corrected chi connectivity index (χ0v) is 32.6. The highest BCUT2D eigenvalue weighted by Gasteiger charge is 2.38. The molecular formula is C41H56N2O8Si. The van der Waals surface area contributed by atoms with Crippen molar-refractivity contribution in [2.75, 3.05) is 51.9 Å². The van der Waals surface area contributed by atoms with E-state index in [9.17, 15) is 14.7 Å². The summed E-state index contributed by atoms with van der Waals surface area (Å²) in [6.07, 6.45) is -0.164. The molecule has 3 unspecified atom stereocenters. The molecule has 2 aliphatic heterocycles. The average molecular weight is 733 g/mol. The van der Waals surface area contributed by atoms with Crippen LogP contribution in [0.3, 0.4) is 0 Å². The van der Waals surface area contributed by atoms with Crippen LogP contribution in [0.15, 0.2) is 66.7 Å². The van der Waals surface area contributed by atoms with E-state index in [-0.39, 0.29) is 23.8 Å². The number of methoxy groups -OCH3 is 1. The maximum Gasteiger partial charge on any atom is 0.407 e. The molecule has 52 heavy (non-hydrogen) atoms. The van der Waals surface area contributed by atoms with Crippen molar-refractivity contribution in [3.63, 3.8) is 0 Å². The van der Waals surface area contributed by atoms with Gasteiger partial charge in [-0.15, -0.1) is 0 Å². The third kappa shape index (κ3) is 10.6. The average Bonchev–Trinajstić information content (AvgIpc) is 3.10. The lowest BCUT2D eigenvalue weighted by Gasteiger charge is -2.40. The van der Waals surface area contributed by atoms with Gasteiger partial charge in [-0.05, 0) is 41.8 Å². The number of ether oxygens (including phenoxy) is 5. The Bertz CT molecular complexity index is 1640. The number of nitrogens with one attached hydrogen (secondary N) is 1. The fraction of sp³-hybridized carbons (Fsp3) is 0.512. The SMILES string of the molecule is COc1ccccc1COCCCOc1ccc(C2CCN(C(=O)O)CC2OC(COCC[Si](C)(C)C)c2cccc3c2NC(=O)CC3(C)C)cc1. The Kier molecular flexibility index (Phi) is 13.4. The van der Waals surface area contributed by atoms with Crippen molar-refractivity contribution < 1.29 is 38.4 Å². The number of anilines is 1. The number of piperidine rings is 1. The monoisotopic (exact) mass is 732 g/mol. The Labute approximate surface area is 309 Å². The highest BCUT2D eigenvalue weighted by molar-refractivity contribution is 6.76. The van der Waals surface area contributed by atoms with Gasteiger partial charge in [0.2, 0.25) is 5.91 Å². The van der Waals surface area contributed by atoms with E-state index in [0.29, 0.717) is 52.4 Å². The molecule has 0 spiro atoms. The summed E-state index contributed by atoms with van der Waals surface area (Å²) in [6, 6.07) is 23.0. The molecule has 0 saturated carbocycles. The minimum absolute atomic E-state index is 0.0290. The normalized spacial score (nSPS) is 19.0. The molecule has 2 heterocycles. The van der Waals surface area contributed by atoms with Gasteiger partial charge in [-0.25, -0.2) is 4.79 Å². The molecule has 0 aliphatic carbocycles. The number of para-hydroxylation sites is 2. The van der Waals surface area contributed by atoms with Crippen LogP contribution in [0.2, 0.25) is 25.7 Å². The van der Waals surface area contributed by atoms with Crippen molar-refractivity contribution in [1.29, 1.82) is 0 Å². The lowest BCUT2D eigenvalue weighted by atomic mass is 9.76. The minimum Gasteiger partial charge on any atom is -0.496 e. The van der Waals surface area contributed by atoms with E-state index in [4.69, 9.17) is 23.7 Å². The van der Waals surface area contributed by atoms with Gasteiger partial charge in [0, 0.05) is 56.5 Å². The molecule has 5 rings (SSSR count). The molecule has 1 saturated heterocycles. The molecule has 0 aromatic heterocycles. The number of rotatable bonds is 17. The highest BCUT2D eigenvalue weighted by Crippen LogP contribution is 2.43. The first-order chi connectivity index (χ1) is 24.8. The Morgan fingerprint density at radius 3 is 2.50 bits per heavy atom. The third-order valence-corrected chi connectivity index (χ3v) is 11.6. The van der Waals surface area contributed by atoms with Gasteiger partial charge in [0.25, 0.3) is 0 Å². The second-order valence-corrected chi connectivity index (χ2v) is 21.3. The van der Waals surface area contributed by atoms with Crippen LogP contribution in [0.25, 0.3) is 0 Å². The summed E-state index contributed by atoms with van der Waals surface area (Å²) >= 11 is 0. The van der Waals surface area contributed by atoms with Gasteiger partial charge in [-0.3, -0.25) is 4.79 Å². The standard InChI is InChI=1S/C41H56N2O8Si/c1-41(2)25-38(44)42-39-33(12-9-13-34(39)41)37(28-49-23-24-52(4,5)6)51-36-26-43(40(45)46)20-19-32(36)29-15-17-31(18-16-29)50-22-10-21-48-27-30-11-7-8-14-35(30)47-3/h7-9,11-18,32,36-37H,10,19-28H2,1-6H3,(H,42,44)(H,45,46). The summed E-state index contributed by atoms with van der Waals surface area (Å²) in [5.74, 6) is 1.50. The molecule has 2 amide bonds. The highest BCUT2D eigenvalue weighted by atomic mass is 28.3. The van der Waals surface area contributed by atoms with E-state index < -0.39 is 26.4 Å². The molecule has 3 aromatic carbocycles. The van der Waals surface area contributed by atoms with Crippen molar-refractivity contribution in [3.05, 3.63) is 89.0 Å². The van der Waals surface area contributed by atoms with Gasteiger partial charge in [0.05, 0.1) is 51.9 Å². The number of carboxylic acid groups (broad SMARTS) is 1. The van der Waals surface area contributed by atoms with Crippen molar-refractivity contribution >= 4 is 25.8 Å². The van der Waals surface area contributed by atoms with Crippen molar-refractivity contribution in [3.8, 4) is 11.5 Å². The van der Waals surface area contributed by atoms with E-state index in [0.717, 1.165) is 51.9 Å². The molecule has 3 aromatic rings. The first-order valence-corrected chi connectivity index (χ1v) is 22.1. The predicted octanol–water partition coefficient (Wildman–Crippen LogP) is 8.25. The van der Waals surface area contributed by atoms with Gasteiger partial charge in [0.1, 0.15) is 17.6 Å². The van der Waals surface area contributed by atoms with Gasteiger partial charge in [-0.2, -0.15) is 0 Å². The number of nitrogens with zero attached hydrogens (tertiary/aromatic N) is 1. The number of hydrogen-bond acceptors (Lipinski definition) is 7. The number of carbonyl (C=O) groups is 2. The van der Waals surface area contributed by atoms with Crippen molar-refractivity contribution in [1.82, 2.24) is 4.90 Å². The van der Waals surface area contributed by atoms with Crippen molar-refractivity contribution in [2.45, 2.75) is 88.9 Å². The zero-order chi connectivity index (χ0) is 37.3. The van der Waals surface area contributed by atoms with E-state index in [1.54, 1.807) is 7.11 Å². The zero-order valence-electron chi connectivity index (χ0n) is 31.6. The maximum absolute atomic E-state index is 12.9. The summed E-state index contributed by atoms with van der Waals surface area (Å²) < 4.78 is 30.6. The van der Waals surface area contributed by atoms with Crippen LogP contribution in [0.1, 0.15) is 67.4 Å². The number of hydrogen-bond donors (Lipinski definition) is 2. The van der Waals surface area contributed by atoms with Crippen molar-refractivity contribution in [2.24, 2.45) is 0 Å². The van der Waals surface area contributed by atoms with Gasteiger partial charge < -0.3 is 39.0 Å². The van der Waals surface area contributed by atoms with Gasteiger partial charge in [-0.1, -0.05) is 82.0 Å². The summed E-state index contributed by atoms with van der Waals surface area (Å²) in [4.78, 5) is 26.5. The quantitative estimate of drug-likeness (QED) is 0.105. The third-order valence-electron chi connectivity index (χ3n) is 9.93. The molecule has 2 aliphatic rings. The summed E-state index contributed by atoms with van der Waals surface area (Å²) in [5, 5.41) is 13.1. The van der Waals surface area contributed by atoms with E-state index in [1.807, 2.05) is 48.5 Å². The Morgan fingerprint density at radius 1 is 1.00 bits per heavy atom. The second kappa shape index (κ2) is 17.7. The van der Waals surface area contributed by atoms with Crippen LogP contribution >= 0.6 is 0 Å². The van der Waals surface area contributed by atoms with E-state index in [1.165, 1.54) is 4.90 Å². The van der Waals surface area contributed by atoms with Crippen LogP contribution in [0.5, 0.6) is 11.5 Å².